The highest BCUT2D eigenvalue weighted by molar-refractivity contribution is 6.22. The van der Waals surface area contributed by atoms with E-state index in [9.17, 15) is 9.90 Å². The number of carbonyl (C=O) groups is 1. The molecule has 7 heteroatoms. The minimum absolute atomic E-state index is 0.0325. The van der Waals surface area contributed by atoms with Gasteiger partial charge in [0.1, 0.15) is 0 Å². The number of pyridine rings is 1. The first kappa shape index (κ1) is 19.8. The van der Waals surface area contributed by atoms with Gasteiger partial charge in [0.2, 0.25) is 0 Å². The van der Waals surface area contributed by atoms with Crippen LogP contribution in [0.5, 0.6) is 5.88 Å². The van der Waals surface area contributed by atoms with Crippen LogP contribution in [0.4, 0.5) is 16.2 Å². The number of likely N-dealkylation sites (N-methyl/N-ethyl adjacent to an activating group) is 1. The maximum Gasteiger partial charge on any atom is 0.324 e. The van der Waals surface area contributed by atoms with Crippen LogP contribution >= 0.6 is 0 Å². The maximum absolute atomic E-state index is 12.5. The number of hydrogen-bond donors (Lipinski definition) is 2. The molecular formula is C25H23N5O2. The van der Waals surface area contributed by atoms with E-state index in [1.165, 1.54) is 0 Å². The van der Waals surface area contributed by atoms with Crippen molar-refractivity contribution in [3.63, 3.8) is 0 Å². The second kappa shape index (κ2) is 7.85. The number of hydrogen-bond acceptors (Lipinski definition) is 4. The first-order chi connectivity index (χ1) is 15.5. The van der Waals surface area contributed by atoms with Gasteiger partial charge in [-0.05, 0) is 37.3 Å². The lowest BCUT2D eigenvalue weighted by Gasteiger charge is -2.16. The van der Waals surface area contributed by atoms with E-state index >= 15 is 0 Å². The molecular weight excluding hydrogens is 402 g/mol. The number of aromatic nitrogens is 2. The van der Waals surface area contributed by atoms with Gasteiger partial charge in [0, 0.05) is 54.2 Å². The van der Waals surface area contributed by atoms with Gasteiger partial charge in [-0.2, -0.15) is 0 Å². The number of nitrogens with zero attached hydrogens (tertiary/aromatic N) is 4. The maximum atomic E-state index is 12.5. The van der Waals surface area contributed by atoms with Crippen LogP contribution in [0.2, 0.25) is 0 Å². The molecule has 0 radical (unpaired) electrons. The van der Waals surface area contributed by atoms with Gasteiger partial charge in [-0.25, -0.2) is 9.79 Å². The zero-order valence-corrected chi connectivity index (χ0v) is 17.9. The zero-order valence-electron chi connectivity index (χ0n) is 17.9. The summed E-state index contributed by atoms with van der Waals surface area (Å²) >= 11 is 0. The van der Waals surface area contributed by atoms with Crippen LogP contribution in [0.25, 0.3) is 10.9 Å². The predicted octanol–water partition coefficient (Wildman–Crippen LogP) is 4.62. The normalized spacial score (nSPS) is 14.6. The minimum Gasteiger partial charge on any atom is -0.494 e. The number of urea groups is 1. The Labute approximate surface area is 185 Å². The second-order valence-electron chi connectivity index (χ2n) is 7.92. The van der Waals surface area contributed by atoms with Crippen LogP contribution in [0.15, 0.2) is 71.9 Å². The van der Waals surface area contributed by atoms with Crippen LogP contribution in [0, 0.1) is 6.92 Å². The Morgan fingerprint density at radius 1 is 1.09 bits per heavy atom. The molecule has 7 nitrogen and oxygen atoms in total. The fourth-order valence-electron chi connectivity index (χ4n) is 4.05. The van der Waals surface area contributed by atoms with Crippen LogP contribution in [-0.4, -0.2) is 51.9 Å². The highest BCUT2D eigenvalue weighted by atomic mass is 16.3. The Morgan fingerprint density at radius 3 is 2.62 bits per heavy atom. The van der Waals surface area contributed by atoms with Gasteiger partial charge in [-0.15, -0.1) is 0 Å². The number of amides is 2. The van der Waals surface area contributed by atoms with Gasteiger partial charge < -0.3 is 15.0 Å². The van der Waals surface area contributed by atoms with E-state index in [4.69, 9.17) is 4.99 Å². The van der Waals surface area contributed by atoms with Crippen LogP contribution in [0.1, 0.15) is 16.8 Å². The lowest BCUT2D eigenvalue weighted by atomic mass is 10.0. The summed E-state index contributed by atoms with van der Waals surface area (Å²) in [4.78, 5) is 28.2. The van der Waals surface area contributed by atoms with E-state index in [2.05, 4.69) is 9.97 Å². The fraction of sp³-hybridized carbons (Fsp3) is 0.160. The van der Waals surface area contributed by atoms with E-state index in [-0.39, 0.29) is 11.9 Å². The average molecular weight is 425 g/mol. The molecule has 0 bridgehead atoms. The van der Waals surface area contributed by atoms with Crippen molar-refractivity contribution >= 4 is 34.0 Å². The Hall–Kier alpha value is -4.13. The van der Waals surface area contributed by atoms with Crippen molar-refractivity contribution in [1.82, 2.24) is 14.9 Å². The van der Waals surface area contributed by atoms with E-state index in [1.807, 2.05) is 67.6 Å². The number of aryl methyl sites for hydroxylation is 1. The molecule has 4 aromatic rings. The van der Waals surface area contributed by atoms with Crippen LogP contribution in [0.3, 0.4) is 0 Å². The number of aromatic amines is 1. The topological polar surface area (TPSA) is 84.8 Å². The molecule has 160 valence electrons. The Morgan fingerprint density at radius 2 is 1.91 bits per heavy atom. The van der Waals surface area contributed by atoms with Gasteiger partial charge in [0.25, 0.3) is 0 Å². The molecule has 2 N–H and O–H groups in total. The molecule has 32 heavy (non-hydrogen) atoms. The summed E-state index contributed by atoms with van der Waals surface area (Å²) in [6.07, 6.45) is 1.72. The van der Waals surface area contributed by atoms with Crippen molar-refractivity contribution in [1.29, 1.82) is 0 Å². The van der Waals surface area contributed by atoms with Crippen LogP contribution in [-0.2, 0) is 0 Å². The number of aliphatic imine (C=N–C) groups is 1. The number of nitrogens with one attached hydrogen (secondary N) is 1. The highest BCUT2D eigenvalue weighted by Crippen LogP contribution is 2.34. The minimum atomic E-state index is -0.0325. The Kier molecular flexibility index (Phi) is 4.86. The molecule has 2 aromatic heterocycles. The van der Waals surface area contributed by atoms with Gasteiger partial charge in [-0.3, -0.25) is 9.88 Å². The zero-order chi connectivity index (χ0) is 22.2. The number of anilines is 1. The quantitative estimate of drug-likeness (QED) is 0.468. The number of benzene rings is 2. The molecule has 0 atom stereocenters. The summed E-state index contributed by atoms with van der Waals surface area (Å²) in [7, 11) is 1.80. The molecule has 1 aliphatic rings. The second-order valence-corrected chi connectivity index (χ2v) is 7.92. The lowest BCUT2D eigenvalue weighted by molar-refractivity contribution is 0.229. The Bertz CT molecular complexity index is 1340. The van der Waals surface area contributed by atoms with Gasteiger partial charge >= 0.3 is 6.03 Å². The fourth-order valence-corrected chi connectivity index (χ4v) is 4.05. The number of H-pyrrole nitrogens is 1. The van der Waals surface area contributed by atoms with Crippen molar-refractivity contribution in [2.75, 3.05) is 25.0 Å². The van der Waals surface area contributed by atoms with E-state index in [0.29, 0.717) is 24.4 Å². The van der Waals surface area contributed by atoms with Gasteiger partial charge in [0.05, 0.1) is 17.0 Å². The van der Waals surface area contributed by atoms with Gasteiger partial charge in [-0.1, -0.05) is 30.3 Å². The summed E-state index contributed by atoms with van der Waals surface area (Å²) in [5, 5.41) is 11.7. The third-order valence-corrected chi connectivity index (χ3v) is 5.70. The summed E-state index contributed by atoms with van der Waals surface area (Å²) in [6.45, 7) is 3.23. The molecule has 0 aliphatic carbocycles. The molecule has 1 aliphatic heterocycles. The van der Waals surface area contributed by atoms with Gasteiger partial charge in [0.15, 0.2) is 5.88 Å². The third kappa shape index (κ3) is 3.47. The SMILES string of the molecule is Cc1cc(N=C(c2ccccc2)c2c(O)[nH]c3ccc(N4CCN(C)C4=O)cc23)ccn1. The van der Waals surface area contributed by atoms with E-state index < -0.39 is 0 Å². The van der Waals surface area contributed by atoms with Crippen molar-refractivity contribution in [2.24, 2.45) is 4.99 Å². The first-order valence-electron chi connectivity index (χ1n) is 10.5. The molecule has 1 fully saturated rings. The summed E-state index contributed by atoms with van der Waals surface area (Å²) < 4.78 is 0. The average Bonchev–Trinajstić information content (AvgIpc) is 3.30. The summed E-state index contributed by atoms with van der Waals surface area (Å²) in [5.41, 5.74) is 5.29. The standard InChI is InChI=1S/C25H23N5O2/c1-16-14-18(10-11-26-16)27-23(17-6-4-3-5-7-17)22-20-15-19(8-9-21(20)28-24(22)31)30-13-12-29(2)25(30)32/h3-11,14-15,28,31H,12-13H2,1-2H3. The molecule has 1 saturated heterocycles. The number of fused-ring (bicyclic) bond motifs is 1. The summed E-state index contributed by atoms with van der Waals surface area (Å²) in [6, 6.07) is 19.2. The van der Waals surface area contributed by atoms with Crippen molar-refractivity contribution in [3.05, 3.63) is 83.7 Å². The smallest absolute Gasteiger partial charge is 0.324 e. The lowest BCUT2D eigenvalue weighted by Crippen LogP contribution is -2.29. The molecule has 0 spiro atoms. The van der Waals surface area contributed by atoms with Crippen molar-refractivity contribution < 1.29 is 9.90 Å². The van der Waals surface area contributed by atoms with E-state index in [1.54, 1.807) is 23.0 Å². The number of carbonyl (C=O) groups excluding carboxylic acids is 1. The highest BCUT2D eigenvalue weighted by Gasteiger charge is 2.27. The largest absolute Gasteiger partial charge is 0.494 e. The molecule has 3 heterocycles. The third-order valence-electron chi connectivity index (χ3n) is 5.70. The number of rotatable bonds is 4. The monoisotopic (exact) mass is 425 g/mol. The Balaban J connectivity index is 1.71. The molecule has 5 rings (SSSR count). The molecule has 2 aromatic carbocycles. The predicted molar refractivity (Wildman–Crippen MR) is 126 cm³/mol. The van der Waals surface area contributed by atoms with Crippen LogP contribution < -0.4 is 4.90 Å². The van der Waals surface area contributed by atoms with Crippen molar-refractivity contribution in [3.8, 4) is 5.88 Å². The molecule has 0 saturated carbocycles. The molecule has 2 amide bonds. The summed E-state index contributed by atoms with van der Waals surface area (Å²) in [5.74, 6) is 0.0374. The van der Waals surface area contributed by atoms with E-state index in [0.717, 1.165) is 33.5 Å². The number of aromatic hydroxyl groups is 1. The van der Waals surface area contributed by atoms with Crippen molar-refractivity contribution in [2.45, 2.75) is 6.92 Å². The molecule has 0 unspecified atom stereocenters. The first-order valence-corrected chi connectivity index (χ1v) is 10.5.